The summed E-state index contributed by atoms with van der Waals surface area (Å²) >= 11 is 0. The van der Waals surface area contributed by atoms with E-state index in [1.54, 1.807) is 0 Å². The molecule has 1 aliphatic heterocycles. The van der Waals surface area contributed by atoms with E-state index >= 15 is 0 Å². The van der Waals surface area contributed by atoms with Gasteiger partial charge in [0.05, 0.1) is 0 Å². The van der Waals surface area contributed by atoms with E-state index in [1.807, 2.05) is 6.92 Å². The predicted octanol–water partition coefficient (Wildman–Crippen LogP) is 2.36. The van der Waals surface area contributed by atoms with Crippen LogP contribution in [-0.2, 0) is 4.79 Å². The number of rotatable bonds is 4. The van der Waals surface area contributed by atoms with E-state index in [4.69, 9.17) is 0 Å². The SMILES string of the molecule is CCC1(C(=O)O)CCCN1C(C)C(C)C. The number of aliphatic carboxylic acids is 1. The minimum Gasteiger partial charge on any atom is -0.480 e. The highest BCUT2D eigenvalue weighted by molar-refractivity contribution is 5.79. The van der Waals surface area contributed by atoms with Crippen molar-refractivity contribution in [3.8, 4) is 0 Å². The first-order valence-electron chi connectivity index (χ1n) is 5.96. The molecule has 1 N–H and O–H groups in total. The van der Waals surface area contributed by atoms with Crippen LogP contribution >= 0.6 is 0 Å². The van der Waals surface area contributed by atoms with Crippen LogP contribution in [0, 0.1) is 5.92 Å². The lowest BCUT2D eigenvalue weighted by atomic mass is 9.90. The van der Waals surface area contributed by atoms with Crippen LogP contribution in [0.15, 0.2) is 0 Å². The maximum absolute atomic E-state index is 11.5. The molecule has 1 saturated heterocycles. The van der Waals surface area contributed by atoms with Gasteiger partial charge in [0, 0.05) is 6.04 Å². The number of carboxylic acid groups (broad SMARTS) is 1. The number of likely N-dealkylation sites (tertiary alicyclic amines) is 1. The minimum atomic E-state index is -0.644. The molecule has 0 amide bonds. The van der Waals surface area contributed by atoms with Gasteiger partial charge in [-0.2, -0.15) is 0 Å². The first-order chi connectivity index (χ1) is 6.95. The van der Waals surface area contributed by atoms with Gasteiger partial charge < -0.3 is 5.11 Å². The average molecular weight is 213 g/mol. The van der Waals surface area contributed by atoms with Crippen molar-refractivity contribution < 1.29 is 9.90 Å². The number of carbonyl (C=O) groups is 1. The van der Waals surface area contributed by atoms with Crippen molar-refractivity contribution in [3.63, 3.8) is 0 Å². The summed E-state index contributed by atoms with van der Waals surface area (Å²) in [7, 11) is 0. The van der Waals surface area contributed by atoms with Crippen LogP contribution in [0.3, 0.4) is 0 Å². The minimum absolute atomic E-state index is 0.351. The van der Waals surface area contributed by atoms with E-state index < -0.39 is 11.5 Å². The van der Waals surface area contributed by atoms with Crippen molar-refractivity contribution in [2.75, 3.05) is 6.54 Å². The van der Waals surface area contributed by atoms with Crippen LogP contribution in [0.1, 0.15) is 47.0 Å². The van der Waals surface area contributed by atoms with Gasteiger partial charge in [-0.05, 0) is 38.6 Å². The van der Waals surface area contributed by atoms with E-state index in [0.717, 1.165) is 19.4 Å². The molecule has 0 aromatic heterocycles. The fraction of sp³-hybridized carbons (Fsp3) is 0.917. The molecule has 0 aromatic rings. The van der Waals surface area contributed by atoms with E-state index in [1.165, 1.54) is 0 Å². The molecular weight excluding hydrogens is 190 g/mol. The molecule has 1 fully saturated rings. The number of hydrogen-bond acceptors (Lipinski definition) is 2. The van der Waals surface area contributed by atoms with Gasteiger partial charge in [0.2, 0.25) is 0 Å². The fourth-order valence-electron chi connectivity index (χ4n) is 2.61. The lowest BCUT2D eigenvalue weighted by molar-refractivity contribution is -0.151. The molecule has 1 heterocycles. The van der Waals surface area contributed by atoms with Gasteiger partial charge in [-0.15, -0.1) is 0 Å². The molecule has 0 aliphatic carbocycles. The molecule has 2 unspecified atom stereocenters. The quantitative estimate of drug-likeness (QED) is 0.779. The third kappa shape index (κ3) is 2.03. The van der Waals surface area contributed by atoms with Crippen LogP contribution in [0.5, 0.6) is 0 Å². The van der Waals surface area contributed by atoms with Crippen LogP contribution in [0.25, 0.3) is 0 Å². The summed E-state index contributed by atoms with van der Waals surface area (Å²) in [5.41, 5.74) is -0.594. The Bertz CT molecular complexity index is 240. The zero-order chi connectivity index (χ0) is 11.6. The third-order valence-corrected chi connectivity index (χ3v) is 3.98. The largest absolute Gasteiger partial charge is 0.480 e. The van der Waals surface area contributed by atoms with Gasteiger partial charge in [-0.3, -0.25) is 9.69 Å². The second kappa shape index (κ2) is 4.52. The molecule has 3 heteroatoms. The fourth-order valence-corrected chi connectivity index (χ4v) is 2.61. The lowest BCUT2D eigenvalue weighted by Gasteiger charge is -2.39. The van der Waals surface area contributed by atoms with Crippen molar-refractivity contribution in [1.29, 1.82) is 0 Å². The molecule has 1 aliphatic rings. The summed E-state index contributed by atoms with van der Waals surface area (Å²) in [6.07, 6.45) is 2.52. The van der Waals surface area contributed by atoms with E-state index in [9.17, 15) is 9.90 Å². The summed E-state index contributed by atoms with van der Waals surface area (Å²) in [6, 6.07) is 0.351. The van der Waals surface area contributed by atoms with Gasteiger partial charge in [-0.1, -0.05) is 20.8 Å². The highest BCUT2D eigenvalue weighted by Gasteiger charge is 2.48. The molecule has 88 valence electrons. The Balaban J connectivity index is 2.92. The molecule has 0 bridgehead atoms. The van der Waals surface area contributed by atoms with Gasteiger partial charge >= 0.3 is 5.97 Å². The van der Waals surface area contributed by atoms with Crippen LogP contribution in [0.4, 0.5) is 0 Å². The maximum atomic E-state index is 11.5. The molecule has 3 nitrogen and oxygen atoms in total. The van der Waals surface area contributed by atoms with Crippen molar-refractivity contribution in [3.05, 3.63) is 0 Å². The molecule has 2 atom stereocenters. The molecule has 0 radical (unpaired) electrons. The summed E-state index contributed by atoms with van der Waals surface area (Å²) < 4.78 is 0. The first kappa shape index (κ1) is 12.5. The third-order valence-electron chi connectivity index (χ3n) is 3.98. The predicted molar refractivity (Wildman–Crippen MR) is 60.9 cm³/mol. The normalized spacial score (nSPS) is 29.7. The lowest BCUT2D eigenvalue weighted by Crippen LogP contribution is -2.54. The Labute approximate surface area is 92.5 Å². The second-order valence-electron chi connectivity index (χ2n) is 4.97. The van der Waals surface area contributed by atoms with E-state index in [-0.39, 0.29) is 0 Å². The Morgan fingerprint density at radius 2 is 2.07 bits per heavy atom. The molecule has 0 aromatic carbocycles. The Hall–Kier alpha value is -0.570. The van der Waals surface area contributed by atoms with Crippen molar-refractivity contribution in [1.82, 2.24) is 4.90 Å². The van der Waals surface area contributed by atoms with Crippen LogP contribution < -0.4 is 0 Å². The van der Waals surface area contributed by atoms with Gasteiger partial charge in [-0.25, -0.2) is 0 Å². The number of nitrogens with zero attached hydrogens (tertiary/aromatic N) is 1. The number of carboxylic acids is 1. The monoisotopic (exact) mass is 213 g/mol. The van der Waals surface area contributed by atoms with E-state index in [0.29, 0.717) is 18.4 Å². The zero-order valence-corrected chi connectivity index (χ0v) is 10.3. The molecule has 15 heavy (non-hydrogen) atoms. The van der Waals surface area contributed by atoms with Crippen molar-refractivity contribution >= 4 is 5.97 Å². The molecule has 1 rings (SSSR count). The maximum Gasteiger partial charge on any atom is 0.324 e. The smallest absolute Gasteiger partial charge is 0.324 e. The molecule has 0 saturated carbocycles. The highest BCUT2D eigenvalue weighted by Crippen LogP contribution is 2.35. The Morgan fingerprint density at radius 3 is 2.47 bits per heavy atom. The van der Waals surface area contributed by atoms with Crippen molar-refractivity contribution in [2.24, 2.45) is 5.92 Å². The topological polar surface area (TPSA) is 40.5 Å². The summed E-state index contributed by atoms with van der Waals surface area (Å²) in [4.78, 5) is 13.6. The standard InChI is InChI=1S/C12H23NO2/c1-5-12(11(14)15)7-6-8-13(12)10(4)9(2)3/h9-10H,5-8H2,1-4H3,(H,14,15). The Kier molecular flexibility index (Phi) is 3.77. The summed E-state index contributed by atoms with van der Waals surface area (Å²) in [6.45, 7) is 9.37. The summed E-state index contributed by atoms with van der Waals surface area (Å²) in [5.74, 6) is -0.136. The molecule has 0 spiro atoms. The van der Waals surface area contributed by atoms with Crippen molar-refractivity contribution in [2.45, 2.75) is 58.5 Å². The van der Waals surface area contributed by atoms with Crippen LogP contribution in [0.2, 0.25) is 0 Å². The van der Waals surface area contributed by atoms with Gasteiger partial charge in [0.15, 0.2) is 0 Å². The highest BCUT2D eigenvalue weighted by atomic mass is 16.4. The molecular formula is C12H23NO2. The average Bonchev–Trinajstić information content (AvgIpc) is 2.60. The Morgan fingerprint density at radius 1 is 1.47 bits per heavy atom. The van der Waals surface area contributed by atoms with Gasteiger partial charge in [0.1, 0.15) is 5.54 Å². The second-order valence-corrected chi connectivity index (χ2v) is 4.97. The summed E-state index contributed by atoms with van der Waals surface area (Å²) in [5, 5.41) is 9.42. The number of hydrogen-bond donors (Lipinski definition) is 1. The zero-order valence-electron chi connectivity index (χ0n) is 10.3. The van der Waals surface area contributed by atoms with E-state index in [2.05, 4.69) is 25.7 Å². The van der Waals surface area contributed by atoms with Gasteiger partial charge in [0.25, 0.3) is 0 Å². The van der Waals surface area contributed by atoms with Crippen LogP contribution in [-0.4, -0.2) is 34.1 Å². The first-order valence-corrected chi connectivity index (χ1v) is 5.96.